The average molecular weight is 365 g/mol. The molecule has 27 heavy (non-hydrogen) atoms. The quantitative estimate of drug-likeness (QED) is 0.830. The second-order valence-electron chi connectivity index (χ2n) is 7.85. The number of aromatic nitrogens is 1. The largest absolute Gasteiger partial charge is 0.454 e. The number of hydrogen-bond donors (Lipinski definition) is 0. The molecule has 5 nitrogen and oxygen atoms in total. The zero-order valence-corrected chi connectivity index (χ0v) is 15.7. The Balaban J connectivity index is 1.15. The van der Waals surface area contributed by atoms with Gasteiger partial charge in [-0.1, -0.05) is 0 Å². The molecule has 0 amide bonds. The predicted molar refractivity (Wildman–Crippen MR) is 106 cm³/mol. The van der Waals surface area contributed by atoms with Crippen LogP contribution in [0.25, 0.3) is 0 Å². The molecule has 0 spiro atoms. The van der Waals surface area contributed by atoms with Crippen LogP contribution in [0.2, 0.25) is 0 Å². The van der Waals surface area contributed by atoms with E-state index in [0.717, 1.165) is 30.6 Å². The highest BCUT2D eigenvalue weighted by Gasteiger charge is 2.29. The van der Waals surface area contributed by atoms with Gasteiger partial charge in [0.25, 0.3) is 0 Å². The van der Waals surface area contributed by atoms with Crippen LogP contribution in [0.15, 0.2) is 42.7 Å². The van der Waals surface area contributed by atoms with Gasteiger partial charge in [0.1, 0.15) is 0 Å². The van der Waals surface area contributed by atoms with Gasteiger partial charge in [-0.15, -0.1) is 0 Å². The maximum Gasteiger partial charge on any atom is 0.231 e. The predicted octanol–water partition coefficient (Wildman–Crippen LogP) is 3.66. The summed E-state index contributed by atoms with van der Waals surface area (Å²) in [5.74, 6) is 2.46. The highest BCUT2D eigenvalue weighted by atomic mass is 16.7. The second-order valence-corrected chi connectivity index (χ2v) is 7.85. The van der Waals surface area contributed by atoms with Gasteiger partial charge in [-0.2, -0.15) is 0 Å². The van der Waals surface area contributed by atoms with Crippen molar-refractivity contribution in [3.63, 3.8) is 0 Å². The van der Waals surface area contributed by atoms with Gasteiger partial charge in [-0.05, 0) is 74.5 Å². The number of anilines is 1. The lowest BCUT2D eigenvalue weighted by atomic mass is 9.88. The maximum atomic E-state index is 5.53. The van der Waals surface area contributed by atoms with Gasteiger partial charge < -0.3 is 19.3 Å². The minimum absolute atomic E-state index is 0.344. The van der Waals surface area contributed by atoms with Crippen LogP contribution >= 0.6 is 0 Å². The van der Waals surface area contributed by atoms with Crippen LogP contribution in [-0.4, -0.2) is 48.9 Å². The zero-order chi connectivity index (χ0) is 18.1. The molecular formula is C22H27N3O2. The van der Waals surface area contributed by atoms with Gasteiger partial charge in [-0.3, -0.25) is 4.98 Å². The summed E-state index contributed by atoms with van der Waals surface area (Å²) in [4.78, 5) is 9.37. The average Bonchev–Trinajstić information content (AvgIpc) is 3.23. The van der Waals surface area contributed by atoms with E-state index in [0.29, 0.717) is 12.7 Å². The van der Waals surface area contributed by atoms with E-state index in [1.54, 1.807) is 0 Å². The van der Waals surface area contributed by atoms with Gasteiger partial charge in [0.05, 0.1) is 0 Å². The Bertz CT molecular complexity index is 766. The Labute approximate surface area is 160 Å². The molecule has 2 saturated heterocycles. The lowest BCUT2D eigenvalue weighted by Gasteiger charge is -2.42. The van der Waals surface area contributed by atoms with E-state index < -0.39 is 0 Å². The smallest absolute Gasteiger partial charge is 0.231 e. The SMILES string of the molecule is c1cc(C2CCN(C3CCN(c4ccc5c(c4)OCO5)CC3)CC2)ccn1. The third-order valence-corrected chi connectivity index (χ3v) is 6.41. The first-order valence-electron chi connectivity index (χ1n) is 10.2. The van der Waals surface area contributed by atoms with Crippen LogP contribution < -0.4 is 14.4 Å². The van der Waals surface area contributed by atoms with Crippen molar-refractivity contribution in [3.8, 4) is 11.5 Å². The summed E-state index contributed by atoms with van der Waals surface area (Å²) < 4.78 is 11.0. The molecule has 0 radical (unpaired) electrons. The van der Waals surface area contributed by atoms with Crippen molar-refractivity contribution in [1.82, 2.24) is 9.88 Å². The summed E-state index contributed by atoms with van der Waals surface area (Å²) >= 11 is 0. The normalized spacial score (nSPS) is 21.6. The monoisotopic (exact) mass is 365 g/mol. The van der Waals surface area contributed by atoms with Gasteiger partial charge in [0.2, 0.25) is 6.79 Å². The van der Waals surface area contributed by atoms with E-state index in [1.807, 2.05) is 18.5 Å². The van der Waals surface area contributed by atoms with Crippen LogP contribution in [0, 0.1) is 0 Å². The minimum Gasteiger partial charge on any atom is -0.454 e. The molecule has 3 aliphatic rings. The van der Waals surface area contributed by atoms with E-state index >= 15 is 0 Å². The van der Waals surface area contributed by atoms with Crippen molar-refractivity contribution in [2.75, 3.05) is 37.9 Å². The molecule has 0 atom stereocenters. The summed E-state index contributed by atoms with van der Waals surface area (Å²) in [5.41, 5.74) is 2.72. The lowest BCUT2D eigenvalue weighted by molar-refractivity contribution is 0.132. The number of pyridine rings is 1. The van der Waals surface area contributed by atoms with Crippen LogP contribution in [0.5, 0.6) is 11.5 Å². The van der Waals surface area contributed by atoms with E-state index in [9.17, 15) is 0 Å². The number of piperidine rings is 2. The Kier molecular flexibility index (Phi) is 4.62. The standard InChI is InChI=1S/C22H27N3O2/c1-2-21-22(27-16-26-21)15-20(1)25-13-7-19(8-14-25)24-11-5-18(6-12-24)17-3-9-23-10-4-17/h1-4,9-10,15,18-19H,5-8,11-14,16H2. The number of ether oxygens (including phenoxy) is 2. The molecule has 1 aromatic heterocycles. The van der Waals surface area contributed by atoms with Crippen molar-refractivity contribution in [3.05, 3.63) is 48.3 Å². The van der Waals surface area contributed by atoms with E-state index in [2.05, 4.69) is 39.0 Å². The first kappa shape index (κ1) is 16.9. The Morgan fingerprint density at radius 3 is 2.33 bits per heavy atom. The molecule has 0 bridgehead atoms. The molecular weight excluding hydrogens is 338 g/mol. The van der Waals surface area contributed by atoms with Crippen LogP contribution in [0.1, 0.15) is 37.2 Å². The van der Waals surface area contributed by atoms with Gasteiger partial charge >= 0.3 is 0 Å². The Morgan fingerprint density at radius 2 is 1.56 bits per heavy atom. The fourth-order valence-corrected chi connectivity index (χ4v) is 4.80. The lowest BCUT2D eigenvalue weighted by Crippen LogP contribution is -2.47. The Morgan fingerprint density at radius 1 is 0.815 bits per heavy atom. The fraction of sp³-hybridized carbons (Fsp3) is 0.500. The third kappa shape index (κ3) is 3.48. The van der Waals surface area contributed by atoms with Crippen molar-refractivity contribution in [2.24, 2.45) is 0 Å². The number of nitrogens with zero attached hydrogens (tertiary/aromatic N) is 3. The van der Waals surface area contributed by atoms with Crippen molar-refractivity contribution < 1.29 is 9.47 Å². The second kappa shape index (κ2) is 7.39. The van der Waals surface area contributed by atoms with Crippen LogP contribution in [0.4, 0.5) is 5.69 Å². The molecule has 3 aliphatic heterocycles. The zero-order valence-electron chi connectivity index (χ0n) is 15.7. The first-order chi connectivity index (χ1) is 13.4. The summed E-state index contributed by atoms with van der Waals surface area (Å²) in [6.45, 7) is 5.03. The molecule has 2 fully saturated rings. The van der Waals surface area contributed by atoms with E-state index in [-0.39, 0.29) is 0 Å². The summed E-state index contributed by atoms with van der Waals surface area (Å²) in [5, 5.41) is 0. The molecule has 4 heterocycles. The molecule has 0 N–H and O–H groups in total. The van der Waals surface area contributed by atoms with Crippen molar-refractivity contribution in [1.29, 1.82) is 0 Å². The fourth-order valence-electron chi connectivity index (χ4n) is 4.80. The van der Waals surface area contributed by atoms with Gasteiger partial charge in [-0.25, -0.2) is 0 Å². The van der Waals surface area contributed by atoms with Crippen LogP contribution in [0.3, 0.4) is 0 Å². The van der Waals surface area contributed by atoms with E-state index in [1.165, 1.54) is 50.0 Å². The summed E-state index contributed by atoms with van der Waals surface area (Å²) in [6.07, 6.45) is 8.88. The molecule has 142 valence electrons. The van der Waals surface area contributed by atoms with Crippen molar-refractivity contribution >= 4 is 5.69 Å². The summed E-state index contributed by atoms with van der Waals surface area (Å²) in [7, 11) is 0. The number of fused-ring (bicyclic) bond motifs is 1. The molecule has 1 aromatic carbocycles. The van der Waals surface area contributed by atoms with Gasteiger partial charge in [0.15, 0.2) is 11.5 Å². The van der Waals surface area contributed by atoms with E-state index in [4.69, 9.17) is 9.47 Å². The third-order valence-electron chi connectivity index (χ3n) is 6.41. The number of hydrogen-bond acceptors (Lipinski definition) is 5. The number of likely N-dealkylation sites (tertiary alicyclic amines) is 1. The maximum absolute atomic E-state index is 5.53. The highest BCUT2D eigenvalue weighted by Crippen LogP contribution is 2.37. The summed E-state index contributed by atoms with van der Waals surface area (Å²) in [6, 6.07) is 11.4. The van der Waals surface area contributed by atoms with Crippen LogP contribution in [-0.2, 0) is 0 Å². The first-order valence-corrected chi connectivity index (χ1v) is 10.2. The number of rotatable bonds is 3. The highest BCUT2D eigenvalue weighted by molar-refractivity contribution is 5.57. The topological polar surface area (TPSA) is 37.8 Å². The molecule has 5 rings (SSSR count). The van der Waals surface area contributed by atoms with Gasteiger partial charge in [0, 0.05) is 43.3 Å². The molecule has 0 saturated carbocycles. The number of benzene rings is 1. The molecule has 5 heteroatoms. The van der Waals surface area contributed by atoms with Crippen molar-refractivity contribution in [2.45, 2.75) is 37.6 Å². The molecule has 0 unspecified atom stereocenters. The molecule has 0 aliphatic carbocycles. The molecule has 2 aromatic rings. The minimum atomic E-state index is 0.344. The Hall–Kier alpha value is -2.27.